The van der Waals surface area contributed by atoms with Gasteiger partial charge in [-0.25, -0.2) is 0 Å². The van der Waals surface area contributed by atoms with Gasteiger partial charge >= 0.3 is 0 Å². The Kier molecular flexibility index (Phi) is 6.49. The van der Waals surface area contributed by atoms with Crippen LogP contribution in [0.3, 0.4) is 0 Å². The van der Waals surface area contributed by atoms with E-state index in [9.17, 15) is 0 Å². The number of hydrogen-bond donors (Lipinski definition) is 2. The number of hydrogen-bond acceptors (Lipinski definition) is 3. The first-order valence-corrected chi connectivity index (χ1v) is 9.07. The Morgan fingerprint density at radius 3 is 2.65 bits per heavy atom. The van der Waals surface area contributed by atoms with Crippen molar-refractivity contribution >= 4 is 17.7 Å². The van der Waals surface area contributed by atoms with Gasteiger partial charge in [-0.15, -0.1) is 0 Å². The molecule has 1 aliphatic heterocycles. The fraction of sp³-hybridized carbons (Fsp3) is 0.933. The molecule has 1 atom stereocenters. The predicted molar refractivity (Wildman–Crippen MR) is 89.7 cm³/mol. The second-order valence-corrected chi connectivity index (χ2v) is 7.49. The quantitative estimate of drug-likeness (QED) is 0.556. The van der Waals surface area contributed by atoms with Crippen molar-refractivity contribution in [3.63, 3.8) is 0 Å². The monoisotopic (exact) mass is 298 g/mol. The van der Waals surface area contributed by atoms with Crippen LogP contribution < -0.4 is 10.6 Å². The van der Waals surface area contributed by atoms with Crippen LogP contribution in [0.25, 0.3) is 0 Å². The van der Waals surface area contributed by atoms with Gasteiger partial charge in [-0.1, -0.05) is 0 Å². The van der Waals surface area contributed by atoms with E-state index in [2.05, 4.69) is 46.1 Å². The Labute approximate surface area is 128 Å². The van der Waals surface area contributed by atoms with Crippen molar-refractivity contribution in [1.82, 2.24) is 15.5 Å². The van der Waals surface area contributed by atoms with Crippen molar-refractivity contribution in [1.29, 1.82) is 0 Å². The molecule has 20 heavy (non-hydrogen) atoms. The van der Waals surface area contributed by atoms with Crippen molar-refractivity contribution in [2.24, 2.45) is 4.99 Å². The average Bonchev–Trinajstić information content (AvgIpc) is 3.13. The third kappa shape index (κ3) is 5.17. The zero-order valence-corrected chi connectivity index (χ0v) is 14.0. The lowest BCUT2D eigenvalue weighted by Gasteiger charge is -2.26. The SMILES string of the molecule is CN=C(NCCN(C(C)C)C1CC1)NCC1CCCS1. The summed E-state index contributed by atoms with van der Waals surface area (Å²) >= 11 is 2.09. The maximum atomic E-state index is 4.32. The highest BCUT2D eigenvalue weighted by Gasteiger charge is 2.30. The normalized spacial score (nSPS) is 23.6. The molecule has 0 radical (unpaired) electrons. The molecule has 1 heterocycles. The summed E-state index contributed by atoms with van der Waals surface area (Å²) in [5.41, 5.74) is 0. The Morgan fingerprint density at radius 2 is 2.10 bits per heavy atom. The van der Waals surface area contributed by atoms with Crippen LogP contribution in [0.2, 0.25) is 0 Å². The third-order valence-electron chi connectivity index (χ3n) is 4.09. The van der Waals surface area contributed by atoms with Crippen LogP contribution >= 0.6 is 11.8 Å². The zero-order chi connectivity index (χ0) is 14.4. The summed E-state index contributed by atoms with van der Waals surface area (Å²) in [7, 11) is 1.86. The van der Waals surface area contributed by atoms with Gasteiger partial charge in [0.2, 0.25) is 0 Å². The molecular weight excluding hydrogens is 268 g/mol. The molecule has 2 aliphatic rings. The summed E-state index contributed by atoms with van der Waals surface area (Å²) in [5.74, 6) is 2.28. The number of rotatable bonds is 7. The Balaban J connectivity index is 1.62. The molecule has 4 nitrogen and oxygen atoms in total. The highest BCUT2D eigenvalue weighted by molar-refractivity contribution is 8.00. The van der Waals surface area contributed by atoms with E-state index in [1.807, 2.05) is 7.05 Å². The first-order valence-electron chi connectivity index (χ1n) is 8.02. The third-order valence-corrected chi connectivity index (χ3v) is 5.48. The maximum absolute atomic E-state index is 4.32. The number of guanidine groups is 1. The Hall–Kier alpha value is -0.420. The van der Waals surface area contributed by atoms with Crippen molar-refractivity contribution < 1.29 is 0 Å². The van der Waals surface area contributed by atoms with Gasteiger partial charge in [0.15, 0.2) is 5.96 Å². The highest BCUT2D eigenvalue weighted by Crippen LogP contribution is 2.28. The molecule has 1 unspecified atom stereocenters. The number of nitrogens with one attached hydrogen (secondary N) is 2. The van der Waals surface area contributed by atoms with Crippen LogP contribution in [0, 0.1) is 0 Å². The minimum atomic E-state index is 0.647. The molecule has 1 saturated heterocycles. The van der Waals surface area contributed by atoms with Crippen LogP contribution in [-0.4, -0.2) is 60.6 Å². The molecule has 1 aliphatic carbocycles. The molecule has 0 amide bonds. The molecule has 0 aromatic rings. The largest absolute Gasteiger partial charge is 0.355 e. The van der Waals surface area contributed by atoms with Crippen molar-refractivity contribution in [2.75, 3.05) is 32.4 Å². The van der Waals surface area contributed by atoms with Crippen LogP contribution in [0.4, 0.5) is 0 Å². The Bertz CT molecular complexity index is 307. The van der Waals surface area contributed by atoms with Crippen molar-refractivity contribution in [2.45, 2.75) is 56.9 Å². The molecule has 116 valence electrons. The van der Waals surface area contributed by atoms with E-state index in [0.717, 1.165) is 36.9 Å². The molecule has 0 spiro atoms. The van der Waals surface area contributed by atoms with Gasteiger partial charge in [-0.3, -0.25) is 9.89 Å². The van der Waals surface area contributed by atoms with Crippen molar-refractivity contribution in [3.8, 4) is 0 Å². The smallest absolute Gasteiger partial charge is 0.191 e. The van der Waals surface area contributed by atoms with E-state index in [4.69, 9.17) is 0 Å². The average molecular weight is 298 g/mol. The van der Waals surface area contributed by atoms with Gasteiger partial charge in [-0.2, -0.15) is 11.8 Å². The fourth-order valence-corrected chi connectivity index (χ4v) is 4.01. The molecule has 1 saturated carbocycles. The highest BCUT2D eigenvalue weighted by atomic mass is 32.2. The topological polar surface area (TPSA) is 39.7 Å². The van der Waals surface area contributed by atoms with Crippen LogP contribution in [-0.2, 0) is 0 Å². The number of nitrogens with zero attached hydrogens (tertiary/aromatic N) is 2. The summed E-state index contributed by atoms with van der Waals surface area (Å²) in [6.45, 7) is 7.72. The van der Waals surface area contributed by atoms with E-state index in [1.54, 1.807) is 0 Å². The second-order valence-electron chi connectivity index (χ2n) is 6.08. The first kappa shape index (κ1) is 16.0. The van der Waals surface area contributed by atoms with E-state index in [1.165, 1.54) is 31.4 Å². The summed E-state index contributed by atoms with van der Waals surface area (Å²) in [4.78, 5) is 6.92. The van der Waals surface area contributed by atoms with Gasteiger partial charge in [0.25, 0.3) is 0 Å². The van der Waals surface area contributed by atoms with Crippen molar-refractivity contribution in [3.05, 3.63) is 0 Å². The summed E-state index contributed by atoms with van der Waals surface area (Å²) < 4.78 is 0. The molecule has 0 aromatic heterocycles. The lowest BCUT2D eigenvalue weighted by molar-refractivity contribution is 0.215. The summed E-state index contributed by atoms with van der Waals surface area (Å²) in [5, 5.41) is 7.68. The minimum absolute atomic E-state index is 0.647. The lowest BCUT2D eigenvalue weighted by atomic mass is 10.2. The number of aliphatic imine (C=N–C) groups is 1. The van der Waals surface area contributed by atoms with E-state index in [-0.39, 0.29) is 0 Å². The summed E-state index contributed by atoms with van der Waals surface area (Å²) in [6.07, 6.45) is 5.47. The van der Waals surface area contributed by atoms with Crippen LogP contribution in [0.15, 0.2) is 4.99 Å². The fourth-order valence-electron chi connectivity index (χ4n) is 2.81. The molecule has 2 rings (SSSR count). The number of thioether (sulfide) groups is 1. The van der Waals surface area contributed by atoms with E-state index >= 15 is 0 Å². The second kappa shape index (κ2) is 8.13. The summed E-state index contributed by atoms with van der Waals surface area (Å²) in [6, 6.07) is 1.48. The first-order chi connectivity index (χ1) is 9.70. The molecule has 0 aromatic carbocycles. The van der Waals surface area contributed by atoms with Crippen LogP contribution in [0.5, 0.6) is 0 Å². The van der Waals surface area contributed by atoms with Gasteiger partial charge in [0.1, 0.15) is 0 Å². The predicted octanol–water partition coefficient (Wildman–Crippen LogP) is 1.92. The zero-order valence-electron chi connectivity index (χ0n) is 13.2. The van der Waals surface area contributed by atoms with Crippen LogP contribution in [0.1, 0.15) is 39.5 Å². The molecule has 2 N–H and O–H groups in total. The van der Waals surface area contributed by atoms with Gasteiger partial charge in [0, 0.05) is 44.0 Å². The standard InChI is InChI=1S/C15H30N4S/c1-12(2)19(13-6-7-13)9-8-17-15(16-3)18-11-14-5-4-10-20-14/h12-14H,4-11H2,1-3H3,(H2,16,17,18). The van der Waals surface area contributed by atoms with E-state index in [0.29, 0.717) is 6.04 Å². The van der Waals surface area contributed by atoms with Gasteiger partial charge in [0.05, 0.1) is 0 Å². The van der Waals surface area contributed by atoms with Gasteiger partial charge in [-0.05, 0) is 45.3 Å². The maximum Gasteiger partial charge on any atom is 0.191 e. The molecule has 5 heteroatoms. The van der Waals surface area contributed by atoms with Gasteiger partial charge < -0.3 is 10.6 Å². The molecule has 0 bridgehead atoms. The molecular formula is C15H30N4S. The Morgan fingerprint density at radius 1 is 1.30 bits per heavy atom. The lowest BCUT2D eigenvalue weighted by Crippen LogP contribution is -2.45. The minimum Gasteiger partial charge on any atom is -0.355 e. The van der Waals surface area contributed by atoms with E-state index < -0.39 is 0 Å². The molecule has 2 fully saturated rings.